The van der Waals surface area contributed by atoms with Gasteiger partial charge in [-0.15, -0.1) is 0 Å². The maximum absolute atomic E-state index is 8.10. The summed E-state index contributed by atoms with van der Waals surface area (Å²) in [5, 5.41) is 21.9. The number of hydrogen-bond acceptors (Lipinski definition) is 4. The Labute approximate surface area is 74.1 Å². The zero-order valence-electron chi connectivity index (χ0n) is 5.67. The zero-order chi connectivity index (χ0) is 8.69. The van der Waals surface area contributed by atoms with Crippen molar-refractivity contribution in [1.82, 2.24) is 0 Å². The van der Waals surface area contributed by atoms with E-state index < -0.39 is 0 Å². The normalized spacial score (nSPS) is 13.6. The molecule has 0 aliphatic rings. The largest absolute Gasteiger partial charge is 0.410 e. The van der Waals surface area contributed by atoms with E-state index in [0.717, 1.165) is 0 Å². The van der Waals surface area contributed by atoms with Crippen LogP contribution in [-0.4, -0.2) is 20.8 Å². The standard InChI is InChI=1S/C5H8Cl2N2O2/c6-4(8-10)2-1-3-5(7)9-11/h10-11H,1-3H2/b8-4-,9-5+. The maximum Gasteiger partial charge on any atom is 0.145 e. The fourth-order valence-electron chi connectivity index (χ4n) is 0.480. The lowest BCUT2D eigenvalue weighted by Crippen LogP contribution is -1.92. The molecule has 2 N–H and O–H groups in total. The lowest BCUT2D eigenvalue weighted by molar-refractivity contribution is 0.318. The number of rotatable bonds is 4. The van der Waals surface area contributed by atoms with Gasteiger partial charge in [0.25, 0.3) is 0 Å². The average molecular weight is 199 g/mol. The van der Waals surface area contributed by atoms with Crippen LogP contribution >= 0.6 is 23.2 Å². The molecule has 0 aromatic rings. The molecule has 0 aromatic carbocycles. The molecule has 0 aromatic heterocycles. The maximum atomic E-state index is 8.10. The van der Waals surface area contributed by atoms with E-state index >= 15 is 0 Å². The minimum Gasteiger partial charge on any atom is -0.410 e. The highest BCUT2D eigenvalue weighted by molar-refractivity contribution is 6.66. The van der Waals surface area contributed by atoms with Gasteiger partial charge in [0.15, 0.2) is 0 Å². The molecule has 64 valence electrons. The SMILES string of the molecule is O/N=C(\Cl)CCC/C(Cl)=N\O. The summed E-state index contributed by atoms with van der Waals surface area (Å²) < 4.78 is 0. The fourth-order valence-corrected chi connectivity index (χ4v) is 0.747. The second kappa shape index (κ2) is 6.24. The van der Waals surface area contributed by atoms with Gasteiger partial charge in [-0.25, -0.2) is 0 Å². The first-order valence-corrected chi connectivity index (χ1v) is 3.69. The Morgan fingerprint density at radius 2 is 1.36 bits per heavy atom. The molecule has 0 amide bonds. The Kier molecular flexibility index (Phi) is 5.97. The van der Waals surface area contributed by atoms with Crippen molar-refractivity contribution in [1.29, 1.82) is 0 Å². The first-order chi connectivity index (χ1) is 5.20. The van der Waals surface area contributed by atoms with E-state index in [-0.39, 0.29) is 10.3 Å². The third-order valence-corrected chi connectivity index (χ3v) is 1.51. The highest BCUT2D eigenvalue weighted by atomic mass is 35.5. The minimum atomic E-state index is 0.118. The topological polar surface area (TPSA) is 65.2 Å². The lowest BCUT2D eigenvalue weighted by atomic mass is 10.2. The van der Waals surface area contributed by atoms with Gasteiger partial charge in [-0.2, -0.15) is 0 Å². The molecular weight excluding hydrogens is 191 g/mol. The van der Waals surface area contributed by atoms with Crippen molar-refractivity contribution in [2.24, 2.45) is 10.3 Å². The summed E-state index contributed by atoms with van der Waals surface area (Å²) in [4.78, 5) is 0. The van der Waals surface area contributed by atoms with Gasteiger partial charge in [0, 0.05) is 12.8 Å². The first kappa shape index (κ1) is 10.5. The van der Waals surface area contributed by atoms with E-state index in [4.69, 9.17) is 33.6 Å². The van der Waals surface area contributed by atoms with E-state index in [9.17, 15) is 0 Å². The van der Waals surface area contributed by atoms with Crippen molar-refractivity contribution in [2.45, 2.75) is 19.3 Å². The molecule has 0 spiro atoms. The molecule has 0 unspecified atom stereocenters. The monoisotopic (exact) mass is 198 g/mol. The van der Waals surface area contributed by atoms with E-state index in [1.165, 1.54) is 0 Å². The molecular formula is C5H8Cl2N2O2. The smallest absolute Gasteiger partial charge is 0.145 e. The molecule has 0 bridgehead atoms. The van der Waals surface area contributed by atoms with Gasteiger partial charge in [-0.1, -0.05) is 33.5 Å². The third-order valence-electron chi connectivity index (χ3n) is 0.983. The van der Waals surface area contributed by atoms with Gasteiger partial charge in [-0.05, 0) is 6.42 Å². The number of oxime groups is 2. The van der Waals surface area contributed by atoms with Gasteiger partial charge in [0.1, 0.15) is 10.3 Å². The number of nitrogens with zero attached hydrogens (tertiary/aromatic N) is 2. The van der Waals surface area contributed by atoms with Gasteiger partial charge >= 0.3 is 0 Å². The van der Waals surface area contributed by atoms with Crippen LogP contribution in [0.1, 0.15) is 19.3 Å². The summed E-state index contributed by atoms with van der Waals surface area (Å²) in [6.07, 6.45) is 1.43. The van der Waals surface area contributed by atoms with Crippen molar-refractivity contribution >= 4 is 33.5 Å². The molecule has 0 saturated heterocycles. The Hall–Kier alpha value is -0.480. The Bertz CT molecular complexity index is 152. The van der Waals surface area contributed by atoms with Gasteiger partial charge in [0.05, 0.1) is 0 Å². The molecule has 11 heavy (non-hydrogen) atoms. The molecule has 0 saturated carbocycles. The van der Waals surface area contributed by atoms with Crippen molar-refractivity contribution in [3.63, 3.8) is 0 Å². The zero-order valence-corrected chi connectivity index (χ0v) is 7.18. The summed E-state index contributed by atoms with van der Waals surface area (Å²) in [6, 6.07) is 0. The van der Waals surface area contributed by atoms with Crippen molar-refractivity contribution < 1.29 is 10.4 Å². The average Bonchev–Trinajstić information content (AvgIpc) is 2.04. The number of hydrogen-bond donors (Lipinski definition) is 2. The van der Waals surface area contributed by atoms with Crippen LogP contribution in [0.15, 0.2) is 10.3 Å². The molecule has 0 aliphatic heterocycles. The van der Waals surface area contributed by atoms with Crippen LogP contribution in [0.25, 0.3) is 0 Å². The van der Waals surface area contributed by atoms with E-state index in [0.29, 0.717) is 19.3 Å². The van der Waals surface area contributed by atoms with Crippen molar-refractivity contribution in [3.05, 3.63) is 0 Å². The van der Waals surface area contributed by atoms with E-state index in [1.807, 2.05) is 0 Å². The van der Waals surface area contributed by atoms with Gasteiger partial charge < -0.3 is 10.4 Å². The van der Waals surface area contributed by atoms with E-state index in [2.05, 4.69) is 10.3 Å². The van der Waals surface area contributed by atoms with E-state index in [1.54, 1.807) is 0 Å². The molecule has 0 atom stereocenters. The fraction of sp³-hybridized carbons (Fsp3) is 0.600. The van der Waals surface area contributed by atoms with Crippen LogP contribution in [-0.2, 0) is 0 Å². The van der Waals surface area contributed by atoms with Crippen LogP contribution in [0, 0.1) is 0 Å². The van der Waals surface area contributed by atoms with Crippen molar-refractivity contribution in [2.75, 3.05) is 0 Å². The summed E-state index contributed by atoms with van der Waals surface area (Å²) in [7, 11) is 0. The first-order valence-electron chi connectivity index (χ1n) is 2.93. The van der Waals surface area contributed by atoms with Crippen molar-refractivity contribution in [3.8, 4) is 0 Å². The predicted octanol–water partition coefficient (Wildman–Crippen LogP) is 2.21. The molecule has 4 nitrogen and oxygen atoms in total. The Balaban J connectivity index is 3.43. The molecule has 0 fully saturated rings. The van der Waals surface area contributed by atoms with Gasteiger partial charge in [-0.3, -0.25) is 0 Å². The van der Waals surface area contributed by atoms with Crippen LogP contribution in [0.5, 0.6) is 0 Å². The van der Waals surface area contributed by atoms with Gasteiger partial charge in [0.2, 0.25) is 0 Å². The minimum absolute atomic E-state index is 0.118. The summed E-state index contributed by atoms with van der Waals surface area (Å²) in [5.41, 5.74) is 0. The summed E-state index contributed by atoms with van der Waals surface area (Å²) in [6.45, 7) is 0. The molecule has 6 heteroatoms. The quantitative estimate of drug-likeness (QED) is 0.414. The van der Waals surface area contributed by atoms with Crippen LogP contribution in [0.2, 0.25) is 0 Å². The lowest BCUT2D eigenvalue weighted by Gasteiger charge is -1.93. The third kappa shape index (κ3) is 5.94. The molecule has 0 heterocycles. The second-order valence-electron chi connectivity index (χ2n) is 1.81. The number of halogens is 2. The van der Waals surface area contributed by atoms with Crippen LogP contribution in [0.3, 0.4) is 0 Å². The molecule has 0 radical (unpaired) electrons. The Morgan fingerprint density at radius 1 is 1.00 bits per heavy atom. The highest BCUT2D eigenvalue weighted by Gasteiger charge is 1.98. The predicted molar refractivity (Wildman–Crippen MR) is 44.0 cm³/mol. The van der Waals surface area contributed by atoms with Crippen LogP contribution < -0.4 is 0 Å². The Morgan fingerprint density at radius 3 is 1.64 bits per heavy atom. The molecule has 0 aliphatic carbocycles. The second-order valence-corrected chi connectivity index (χ2v) is 2.68. The summed E-state index contributed by atoms with van der Waals surface area (Å²) in [5.74, 6) is 0. The van der Waals surface area contributed by atoms with Crippen LogP contribution in [0.4, 0.5) is 0 Å². The summed E-state index contributed by atoms with van der Waals surface area (Å²) >= 11 is 10.7. The highest BCUT2D eigenvalue weighted by Crippen LogP contribution is 2.04. The molecule has 0 rings (SSSR count).